The number of carbonyl (C=O) groups excluding carboxylic acids is 1. The number of hydrogen-bond acceptors (Lipinski definition) is 6. The third-order valence-electron chi connectivity index (χ3n) is 8.38. The van der Waals surface area contributed by atoms with Crippen molar-refractivity contribution in [2.75, 3.05) is 31.6 Å². The summed E-state index contributed by atoms with van der Waals surface area (Å²) in [7, 11) is 0. The van der Waals surface area contributed by atoms with Crippen molar-refractivity contribution in [1.82, 2.24) is 9.88 Å². The van der Waals surface area contributed by atoms with E-state index in [1.165, 1.54) is 11.3 Å². The molecule has 1 aromatic heterocycles. The van der Waals surface area contributed by atoms with Crippen LogP contribution in [0.3, 0.4) is 0 Å². The lowest BCUT2D eigenvalue weighted by Crippen LogP contribution is -2.57. The van der Waals surface area contributed by atoms with Crippen molar-refractivity contribution in [3.05, 3.63) is 23.2 Å². The van der Waals surface area contributed by atoms with Gasteiger partial charge in [0.05, 0.1) is 18.4 Å². The number of fused-ring (bicyclic) bond motifs is 2. The molecule has 5 unspecified atom stereocenters. The number of aromatic nitrogens is 1. The Kier molecular flexibility index (Phi) is 6.48. The predicted octanol–water partition coefficient (Wildman–Crippen LogP) is 3.56. The van der Waals surface area contributed by atoms with Crippen LogP contribution in [0.25, 0.3) is 0 Å². The van der Waals surface area contributed by atoms with Crippen molar-refractivity contribution in [3.63, 3.8) is 0 Å². The van der Waals surface area contributed by atoms with E-state index < -0.39 is 11.5 Å². The number of aliphatic hydroxyl groups excluding tert-OH is 2. The highest BCUT2D eigenvalue weighted by atomic mass is 32.1. The van der Waals surface area contributed by atoms with E-state index in [9.17, 15) is 15.0 Å². The molecule has 0 spiro atoms. The Balaban J connectivity index is 1.71. The first kappa shape index (κ1) is 22.7. The molecule has 1 aliphatic heterocycles. The average molecular weight is 448 g/mol. The van der Waals surface area contributed by atoms with Gasteiger partial charge in [0.2, 0.25) is 5.91 Å². The molecule has 4 rings (SSSR count). The van der Waals surface area contributed by atoms with Crippen LogP contribution in [0, 0.1) is 16.7 Å². The van der Waals surface area contributed by atoms with E-state index in [-0.39, 0.29) is 29.8 Å². The van der Waals surface area contributed by atoms with Crippen LogP contribution in [0.15, 0.2) is 12.7 Å². The Hall–Kier alpha value is -1.44. The molecule has 5 atom stereocenters. The van der Waals surface area contributed by atoms with Gasteiger partial charge in [0, 0.05) is 42.3 Å². The SMILES string of the molecule is C=CCNc1nc2c(s1)CC1C(C)(CO)C(O)CCC1(C)C2CC(=O)N1CCCCC1. The van der Waals surface area contributed by atoms with Crippen molar-refractivity contribution in [2.24, 2.45) is 16.7 Å². The molecule has 0 radical (unpaired) electrons. The molecular weight excluding hydrogens is 410 g/mol. The number of nitrogens with one attached hydrogen (secondary N) is 1. The minimum Gasteiger partial charge on any atom is -0.396 e. The lowest BCUT2D eigenvalue weighted by atomic mass is 9.47. The van der Waals surface area contributed by atoms with E-state index in [1.54, 1.807) is 11.3 Å². The van der Waals surface area contributed by atoms with Gasteiger partial charge in [-0.25, -0.2) is 4.98 Å². The number of anilines is 1. The third-order valence-corrected chi connectivity index (χ3v) is 9.43. The summed E-state index contributed by atoms with van der Waals surface area (Å²) in [6, 6.07) is 0. The van der Waals surface area contributed by atoms with Gasteiger partial charge < -0.3 is 20.4 Å². The molecule has 1 saturated carbocycles. The molecule has 3 aliphatic rings. The summed E-state index contributed by atoms with van der Waals surface area (Å²) >= 11 is 1.65. The van der Waals surface area contributed by atoms with E-state index in [0.29, 0.717) is 19.4 Å². The smallest absolute Gasteiger partial charge is 0.223 e. The number of piperidine rings is 1. The standard InChI is InChI=1S/C24H37N3O3S/c1-4-10-25-22-26-21-16(13-20(30)27-11-6-5-7-12-27)23(2)9-8-19(29)24(3,15-28)18(23)14-17(21)31-22/h4,16,18-19,28-29H,1,5-15H2,2-3H3,(H,25,26). The molecule has 7 heteroatoms. The topological polar surface area (TPSA) is 85.7 Å². The number of rotatable bonds is 6. The normalized spacial score (nSPS) is 35.2. The maximum Gasteiger partial charge on any atom is 0.223 e. The summed E-state index contributed by atoms with van der Waals surface area (Å²) in [4.78, 5) is 21.5. The highest BCUT2D eigenvalue weighted by Crippen LogP contribution is 2.62. The summed E-state index contributed by atoms with van der Waals surface area (Å²) in [6.45, 7) is 10.4. The summed E-state index contributed by atoms with van der Waals surface area (Å²) in [6.07, 6.45) is 7.42. The van der Waals surface area contributed by atoms with Crippen molar-refractivity contribution >= 4 is 22.4 Å². The molecule has 1 aromatic rings. The molecule has 172 valence electrons. The zero-order chi connectivity index (χ0) is 22.2. The first-order valence-corrected chi connectivity index (χ1v) is 12.6. The second kappa shape index (κ2) is 8.83. The van der Waals surface area contributed by atoms with Gasteiger partial charge in [-0.1, -0.05) is 19.9 Å². The van der Waals surface area contributed by atoms with E-state index >= 15 is 0 Å². The Labute approximate surface area is 189 Å². The Morgan fingerprint density at radius 3 is 2.77 bits per heavy atom. The molecule has 1 saturated heterocycles. The predicted molar refractivity (Wildman–Crippen MR) is 124 cm³/mol. The van der Waals surface area contributed by atoms with Crippen LogP contribution in [-0.2, 0) is 11.2 Å². The molecule has 2 fully saturated rings. The van der Waals surface area contributed by atoms with Gasteiger partial charge in [0.15, 0.2) is 5.13 Å². The first-order chi connectivity index (χ1) is 14.8. The van der Waals surface area contributed by atoms with E-state index in [0.717, 1.165) is 49.6 Å². The zero-order valence-electron chi connectivity index (χ0n) is 18.9. The number of hydrogen-bond donors (Lipinski definition) is 3. The number of carbonyl (C=O) groups is 1. The Bertz CT molecular complexity index is 821. The quantitative estimate of drug-likeness (QED) is 0.581. The van der Waals surface area contributed by atoms with Crippen molar-refractivity contribution in [3.8, 4) is 0 Å². The zero-order valence-corrected chi connectivity index (χ0v) is 19.7. The van der Waals surface area contributed by atoms with Crippen LogP contribution in [0.1, 0.15) is 68.9 Å². The molecule has 31 heavy (non-hydrogen) atoms. The molecule has 0 bridgehead atoms. The minimum absolute atomic E-state index is 0.00424. The Morgan fingerprint density at radius 1 is 1.35 bits per heavy atom. The van der Waals surface area contributed by atoms with E-state index in [1.807, 2.05) is 17.9 Å². The third kappa shape index (κ3) is 3.93. The van der Waals surface area contributed by atoms with Crippen molar-refractivity contribution < 1.29 is 15.0 Å². The van der Waals surface area contributed by atoms with Gasteiger partial charge in [0.1, 0.15) is 0 Å². The highest BCUT2D eigenvalue weighted by Gasteiger charge is 2.59. The van der Waals surface area contributed by atoms with E-state index in [4.69, 9.17) is 4.98 Å². The highest BCUT2D eigenvalue weighted by molar-refractivity contribution is 7.15. The molecule has 6 nitrogen and oxygen atoms in total. The van der Waals surface area contributed by atoms with Gasteiger partial charge in [-0.05, 0) is 49.9 Å². The van der Waals surface area contributed by atoms with Crippen LogP contribution in [0.4, 0.5) is 5.13 Å². The molecular formula is C24H37N3O3S. The fourth-order valence-corrected chi connectivity index (χ4v) is 7.40. The van der Waals surface area contributed by atoms with Gasteiger partial charge in [-0.3, -0.25) is 4.79 Å². The molecule has 2 aliphatic carbocycles. The van der Waals surface area contributed by atoms with Gasteiger partial charge >= 0.3 is 0 Å². The lowest BCUT2D eigenvalue weighted by molar-refractivity contribution is -0.147. The van der Waals surface area contributed by atoms with Crippen molar-refractivity contribution in [2.45, 2.75) is 70.8 Å². The summed E-state index contributed by atoms with van der Waals surface area (Å²) < 4.78 is 0. The van der Waals surface area contributed by atoms with E-state index in [2.05, 4.69) is 18.8 Å². The number of likely N-dealkylation sites (tertiary alicyclic amines) is 1. The lowest BCUT2D eigenvalue weighted by Gasteiger charge is -2.58. The van der Waals surface area contributed by atoms with Crippen molar-refractivity contribution in [1.29, 1.82) is 0 Å². The number of nitrogens with zero attached hydrogens (tertiary/aromatic N) is 2. The second-order valence-electron chi connectivity index (χ2n) is 10.2. The van der Waals surface area contributed by atoms with Crippen LogP contribution < -0.4 is 5.32 Å². The first-order valence-electron chi connectivity index (χ1n) is 11.7. The van der Waals surface area contributed by atoms with Gasteiger partial charge in [-0.2, -0.15) is 0 Å². The monoisotopic (exact) mass is 447 g/mol. The molecule has 1 amide bonds. The second-order valence-corrected chi connectivity index (χ2v) is 11.3. The summed E-state index contributed by atoms with van der Waals surface area (Å²) in [5, 5.41) is 25.4. The average Bonchev–Trinajstić information content (AvgIpc) is 3.19. The van der Waals surface area contributed by atoms with Crippen LogP contribution >= 0.6 is 11.3 Å². The minimum atomic E-state index is -0.574. The van der Waals surface area contributed by atoms with Crippen LogP contribution in [-0.4, -0.2) is 58.3 Å². The Morgan fingerprint density at radius 2 is 2.10 bits per heavy atom. The molecule has 2 heterocycles. The number of thiazole rings is 1. The van der Waals surface area contributed by atoms with Crippen LogP contribution in [0.2, 0.25) is 0 Å². The fourth-order valence-electron chi connectivity index (χ4n) is 6.33. The van der Waals surface area contributed by atoms with Gasteiger partial charge in [0.25, 0.3) is 0 Å². The van der Waals surface area contributed by atoms with Gasteiger partial charge in [-0.15, -0.1) is 17.9 Å². The summed E-state index contributed by atoms with van der Waals surface area (Å²) in [5.41, 5.74) is 0.298. The molecule has 0 aromatic carbocycles. The van der Waals surface area contributed by atoms with Crippen LogP contribution in [0.5, 0.6) is 0 Å². The maximum atomic E-state index is 13.3. The number of aliphatic hydroxyl groups is 2. The molecule has 3 N–H and O–H groups in total. The largest absolute Gasteiger partial charge is 0.396 e. The number of amides is 1. The summed E-state index contributed by atoms with van der Waals surface area (Å²) in [5.74, 6) is 0.334. The fraction of sp³-hybridized carbons (Fsp3) is 0.750. The maximum absolute atomic E-state index is 13.3.